The molecule has 0 aliphatic carbocycles. The van der Waals surface area contributed by atoms with Crippen LogP contribution in [-0.2, 0) is 6.42 Å². The lowest BCUT2D eigenvalue weighted by Crippen LogP contribution is -2.12. The number of nitrogens with one attached hydrogen (secondary N) is 2. The maximum absolute atomic E-state index is 12.8. The lowest BCUT2D eigenvalue weighted by Gasteiger charge is -2.12. The maximum Gasteiger partial charge on any atom is 0.255 e. The monoisotopic (exact) mass is 706 g/mol. The molecule has 0 saturated carbocycles. The van der Waals surface area contributed by atoms with Gasteiger partial charge in [0.2, 0.25) is 0 Å². The van der Waals surface area contributed by atoms with E-state index in [9.17, 15) is 9.59 Å². The van der Waals surface area contributed by atoms with Gasteiger partial charge in [0.15, 0.2) is 0 Å². The summed E-state index contributed by atoms with van der Waals surface area (Å²) in [4.78, 5) is 25.6. The van der Waals surface area contributed by atoms with Gasteiger partial charge in [0.1, 0.15) is 11.5 Å². The quantitative estimate of drug-likeness (QED) is 0.154. The van der Waals surface area contributed by atoms with E-state index in [-0.39, 0.29) is 11.8 Å². The fraction of sp³-hybridized carbons (Fsp3) is 0.257. The van der Waals surface area contributed by atoms with E-state index in [2.05, 4.69) is 70.2 Å². The molecule has 0 aliphatic heterocycles. The van der Waals surface area contributed by atoms with Crippen LogP contribution in [0.5, 0.6) is 11.5 Å². The van der Waals surface area contributed by atoms with E-state index in [0.29, 0.717) is 47.6 Å². The largest absolute Gasteiger partial charge is 0.492 e. The van der Waals surface area contributed by atoms with Gasteiger partial charge in [0.25, 0.3) is 11.8 Å². The predicted molar refractivity (Wildman–Crippen MR) is 181 cm³/mol. The zero-order chi connectivity index (χ0) is 30.9. The average Bonchev–Trinajstić information content (AvgIpc) is 2.97. The Bertz CT molecular complexity index is 1430. The molecule has 8 heteroatoms. The van der Waals surface area contributed by atoms with E-state index in [0.717, 1.165) is 38.0 Å². The first-order valence-electron chi connectivity index (χ1n) is 14.2. The summed E-state index contributed by atoms with van der Waals surface area (Å²) in [5.74, 6) is 1.88. The third-order valence-corrected chi connectivity index (χ3v) is 7.60. The van der Waals surface area contributed by atoms with Crippen LogP contribution in [0.3, 0.4) is 0 Å². The van der Waals surface area contributed by atoms with Crippen LogP contribution in [0, 0.1) is 11.8 Å². The van der Waals surface area contributed by atoms with E-state index >= 15 is 0 Å². The topological polar surface area (TPSA) is 76.7 Å². The van der Waals surface area contributed by atoms with Crippen molar-refractivity contribution in [2.75, 3.05) is 23.8 Å². The number of rotatable bonds is 12. The molecule has 0 radical (unpaired) electrons. The van der Waals surface area contributed by atoms with Gasteiger partial charge in [-0.2, -0.15) is 0 Å². The van der Waals surface area contributed by atoms with Crippen LogP contribution in [-0.4, -0.2) is 25.0 Å². The first-order chi connectivity index (χ1) is 20.6. The van der Waals surface area contributed by atoms with Crippen molar-refractivity contribution in [3.05, 3.63) is 116 Å². The molecule has 4 rings (SSSR count). The van der Waals surface area contributed by atoms with E-state index in [1.807, 2.05) is 60.7 Å². The lowest BCUT2D eigenvalue weighted by atomic mass is 10.0. The Morgan fingerprint density at radius 2 is 0.977 bits per heavy atom. The van der Waals surface area contributed by atoms with Gasteiger partial charge >= 0.3 is 0 Å². The molecule has 4 aromatic rings. The first-order valence-corrected chi connectivity index (χ1v) is 15.8. The minimum atomic E-state index is -0.191. The average molecular weight is 708 g/mol. The molecule has 224 valence electrons. The predicted octanol–water partition coefficient (Wildman–Crippen LogP) is 9.38. The number of benzene rings is 4. The molecule has 0 aliphatic rings. The smallest absolute Gasteiger partial charge is 0.255 e. The van der Waals surface area contributed by atoms with Crippen LogP contribution in [0.1, 0.15) is 59.5 Å². The summed E-state index contributed by atoms with van der Waals surface area (Å²) in [7, 11) is 0. The first kappa shape index (κ1) is 32.3. The Hall–Kier alpha value is -3.62. The molecule has 2 amide bonds. The maximum atomic E-state index is 12.8. The van der Waals surface area contributed by atoms with Gasteiger partial charge in [-0.25, -0.2) is 0 Å². The Labute approximate surface area is 270 Å². The second-order valence-electron chi connectivity index (χ2n) is 11.2. The van der Waals surface area contributed by atoms with Crippen LogP contribution in [0.4, 0.5) is 11.4 Å². The van der Waals surface area contributed by atoms with Gasteiger partial charge in [-0.15, -0.1) is 0 Å². The van der Waals surface area contributed by atoms with Crippen LogP contribution in [0.2, 0.25) is 0 Å². The molecule has 0 heterocycles. The summed E-state index contributed by atoms with van der Waals surface area (Å²) in [6.07, 6.45) is 0.720. The van der Waals surface area contributed by atoms with Gasteiger partial charge in [-0.1, -0.05) is 52.0 Å². The highest BCUT2D eigenvalue weighted by molar-refractivity contribution is 9.10. The van der Waals surface area contributed by atoms with Crippen molar-refractivity contribution >= 4 is 55.0 Å². The lowest BCUT2D eigenvalue weighted by molar-refractivity contribution is 0.101. The second kappa shape index (κ2) is 15.2. The molecule has 0 spiro atoms. The Morgan fingerprint density at radius 1 is 0.605 bits per heavy atom. The van der Waals surface area contributed by atoms with E-state index in [1.165, 1.54) is 0 Å². The Morgan fingerprint density at radius 3 is 1.30 bits per heavy atom. The normalized spacial score (nSPS) is 11.0. The number of ether oxygens (including phenoxy) is 2. The van der Waals surface area contributed by atoms with Gasteiger partial charge in [0.05, 0.1) is 22.2 Å². The second-order valence-corrected chi connectivity index (χ2v) is 12.9. The summed E-state index contributed by atoms with van der Waals surface area (Å²) in [6.45, 7) is 9.57. The molecule has 0 fully saturated rings. The number of amides is 2. The standard InChI is InChI=1S/C35H36Br2N2O4/c1-22(2)20-42-32-15-9-26(18-30(32)36)34(40)38-28-11-5-24(6-12-28)17-25-7-13-29(14-8-25)39-35(41)27-10-16-33(31(37)19-27)43-21-23(3)4/h5-16,18-19,22-23H,17,20-21H2,1-4H3,(H,38,40)(H,39,41). The van der Waals surface area contributed by atoms with Crippen molar-refractivity contribution in [2.24, 2.45) is 11.8 Å². The molecule has 6 nitrogen and oxygen atoms in total. The highest BCUT2D eigenvalue weighted by Gasteiger charge is 2.12. The van der Waals surface area contributed by atoms with Crippen molar-refractivity contribution in [1.29, 1.82) is 0 Å². The van der Waals surface area contributed by atoms with Crippen LogP contribution < -0.4 is 20.1 Å². The van der Waals surface area contributed by atoms with E-state index in [1.54, 1.807) is 24.3 Å². The summed E-state index contributed by atoms with van der Waals surface area (Å²) in [6, 6.07) is 26.2. The zero-order valence-corrected chi connectivity index (χ0v) is 27.9. The number of hydrogen-bond acceptors (Lipinski definition) is 4. The zero-order valence-electron chi connectivity index (χ0n) is 24.7. The molecule has 0 unspecified atom stereocenters. The van der Waals surface area contributed by atoms with Gasteiger partial charge < -0.3 is 20.1 Å². The molecular formula is C35H36Br2N2O4. The number of carbonyl (C=O) groups is 2. The molecular weight excluding hydrogens is 672 g/mol. The molecule has 0 saturated heterocycles. The highest BCUT2D eigenvalue weighted by Crippen LogP contribution is 2.28. The number of hydrogen-bond donors (Lipinski definition) is 2. The summed E-state index contributed by atoms with van der Waals surface area (Å²) < 4.78 is 13.0. The molecule has 4 aromatic carbocycles. The Balaban J connectivity index is 1.29. The Kier molecular flexibility index (Phi) is 11.4. The highest BCUT2D eigenvalue weighted by atomic mass is 79.9. The number of halogens is 2. The third kappa shape index (κ3) is 9.70. The summed E-state index contributed by atoms with van der Waals surface area (Å²) in [5.41, 5.74) is 4.73. The minimum Gasteiger partial charge on any atom is -0.492 e. The number of anilines is 2. The van der Waals surface area contributed by atoms with E-state index < -0.39 is 0 Å². The molecule has 0 bridgehead atoms. The van der Waals surface area contributed by atoms with Crippen molar-refractivity contribution in [3.8, 4) is 11.5 Å². The van der Waals surface area contributed by atoms with Crippen molar-refractivity contribution in [2.45, 2.75) is 34.1 Å². The van der Waals surface area contributed by atoms with Crippen molar-refractivity contribution < 1.29 is 19.1 Å². The summed E-state index contributed by atoms with van der Waals surface area (Å²) in [5, 5.41) is 5.90. The van der Waals surface area contributed by atoms with Gasteiger partial charge in [-0.05, 0) is 122 Å². The van der Waals surface area contributed by atoms with Crippen molar-refractivity contribution in [1.82, 2.24) is 0 Å². The van der Waals surface area contributed by atoms with Crippen molar-refractivity contribution in [3.63, 3.8) is 0 Å². The third-order valence-electron chi connectivity index (χ3n) is 6.36. The van der Waals surface area contributed by atoms with E-state index in [4.69, 9.17) is 9.47 Å². The molecule has 0 atom stereocenters. The fourth-order valence-electron chi connectivity index (χ4n) is 4.09. The van der Waals surface area contributed by atoms with Crippen LogP contribution in [0.15, 0.2) is 93.9 Å². The fourth-order valence-corrected chi connectivity index (χ4v) is 5.07. The van der Waals surface area contributed by atoms with Gasteiger partial charge in [-0.3, -0.25) is 9.59 Å². The number of carbonyl (C=O) groups excluding carboxylic acids is 2. The molecule has 0 aromatic heterocycles. The van der Waals surface area contributed by atoms with Crippen LogP contribution in [0.25, 0.3) is 0 Å². The molecule has 43 heavy (non-hydrogen) atoms. The van der Waals surface area contributed by atoms with Gasteiger partial charge in [0, 0.05) is 22.5 Å². The molecule has 2 N–H and O–H groups in total. The minimum absolute atomic E-state index is 0.191. The van der Waals surface area contributed by atoms with Crippen LogP contribution >= 0.6 is 31.9 Å². The SMILES string of the molecule is CC(C)COc1ccc(C(=O)Nc2ccc(Cc3ccc(NC(=O)c4ccc(OCC(C)C)c(Br)c4)cc3)cc2)cc1Br. The summed E-state index contributed by atoms with van der Waals surface area (Å²) >= 11 is 7.00.